The number of methoxy groups -OCH3 is 1. The molecule has 0 aliphatic heterocycles. The van der Waals surface area contributed by atoms with Gasteiger partial charge in [-0.1, -0.05) is 52.0 Å². The molecule has 0 atom stereocenters. The molecule has 0 N–H and O–H groups in total. The van der Waals surface area contributed by atoms with Gasteiger partial charge in [0.2, 0.25) is 0 Å². The first-order chi connectivity index (χ1) is 11.8. The normalized spacial score (nSPS) is 10.8. The Morgan fingerprint density at radius 2 is 1.38 bits per heavy atom. The van der Waals surface area contributed by atoms with Crippen molar-refractivity contribution in [2.24, 2.45) is 0 Å². The van der Waals surface area contributed by atoms with E-state index in [1.807, 2.05) is 18.2 Å². The van der Waals surface area contributed by atoms with E-state index in [4.69, 9.17) is 9.47 Å². The Morgan fingerprint density at radius 3 is 1.81 bits per heavy atom. The molecule has 0 saturated carbocycles. The molecule has 0 aliphatic rings. The number of benzene rings is 2. The molecule has 4 heteroatoms. The quantitative estimate of drug-likeness (QED) is 0.391. The van der Waals surface area contributed by atoms with Crippen LogP contribution in [0.15, 0.2) is 36.4 Å². The molecule has 140 valence electrons. The van der Waals surface area contributed by atoms with Crippen LogP contribution in [0.4, 0.5) is 0 Å². The Labute approximate surface area is 171 Å². The van der Waals surface area contributed by atoms with Crippen LogP contribution in [-0.4, -0.2) is 13.1 Å². The summed E-state index contributed by atoms with van der Waals surface area (Å²) in [4.78, 5) is 11.3. The van der Waals surface area contributed by atoms with Crippen molar-refractivity contribution in [3.8, 4) is 11.5 Å². The van der Waals surface area contributed by atoms with E-state index in [1.54, 1.807) is 7.11 Å². The van der Waals surface area contributed by atoms with Crippen LogP contribution in [0.1, 0.15) is 56.9 Å². The Balaban J connectivity index is 0.00000338. The van der Waals surface area contributed by atoms with Crippen molar-refractivity contribution in [3.63, 3.8) is 0 Å². The van der Waals surface area contributed by atoms with E-state index >= 15 is 0 Å². The van der Waals surface area contributed by atoms with Crippen LogP contribution in [-0.2, 0) is 44.1 Å². The number of hydrogen-bond donors (Lipinski definition) is 0. The zero-order valence-electron chi connectivity index (χ0n) is 16.5. The van der Waals surface area contributed by atoms with Gasteiger partial charge >= 0.3 is 5.97 Å². The third-order valence-electron chi connectivity index (χ3n) is 4.80. The third-order valence-corrected chi connectivity index (χ3v) is 4.80. The van der Waals surface area contributed by atoms with Crippen LogP contribution < -0.4 is 9.47 Å². The number of carbonyl (C=O) groups excluding carboxylic acids is 1. The molecule has 0 saturated heterocycles. The summed E-state index contributed by atoms with van der Waals surface area (Å²) in [5, 5.41) is 0. The molecule has 2 aromatic carbocycles. The fraction of sp³-hybridized carbons (Fsp3) is 0.409. The molecule has 0 fully saturated rings. The number of rotatable bonds is 6. The number of hydrogen-bond acceptors (Lipinski definition) is 3. The van der Waals surface area contributed by atoms with Gasteiger partial charge in [0.25, 0.3) is 0 Å². The summed E-state index contributed by atoms with van der Waals surface area (Å²) < 4.78 is 10.8. The van der Waals surface area contributed by atoms with E-state index in [0.29, 0.717) is 5.75 Å². The molecule has 2 rings (SSSR count). The summed E-state index contributed by atoms with van der Waals surface area (Å²) in [6.45, 7) is 10.1. The minimum absolute atomic E-state index is 0. The molecule has 0 amide bonds. The van der Waals surface area contributed by atoms with Crippen LogP contribution in [0, 0.1) is 0 Å². The maximum absolute atomic E-state index is 11.3. The number of esters is 1. The van der Waals surface area contributed by atoms with Crippen molar-refractivity contribution in [2.45, 2.75) is 52.9 Å². The average Bonchev–Trinajstić information content (AvgIpc) is 2.60. The molecule has 2 aromatic rings. The van der Waals surface area contributed by atoms with Crippen molar-refractivity contribution in [1.29, 1.82) is 0 Å². The first-order valence-electron chi connectivity index (χ1n) is 8.82. The second kappa shape index (κ2) is 9.37. The van der Waals surface area contributed by atoms with Crippen LogP contribution in [0.3, 0.4) is 0 Å². The predicted octanol–water partition coefficient (Wildman–Crippen LogP) is 5.07. The monoisotopic (exact) mass is 524 g/mol. The van der Waals surface area contributed by atoms with Gasteiger partial charge in [0.1, 0.15) is 11.5 Å². The van der Waals surface area contributed by atoms with Crippen LogP contribution >= 0.6 is 0 Å². The summed E-state index contributed by atoms with van der Waals surface area (Å²) >= 11 is 0. The first-order valence-corrected chi connectivity index (χ1v) is 8.82. The van der Waals surface area contributed by atoms with E-state index in [0.717, 1.165) is 24.2 Å². The zero-order valence-corrected chi connectivity index (χ0v) is 19.4. The van der Waals surface area contributed by atoms with Crippen molar-refractivity contribution >= 4 is 5.97 Å². The number of carbonyl (C=O) groups is 1. The Bertz CT molecular complexity index is 766. The topological polar surface area (TPSA) is 35.5 Å². The molecule has 26 heavy (non-hydrogen) atoms. The van der Waals surface area contributed by atoms with Crippen molar-refractivity contribution in [2.75, 3.05) is 7.11 Å². The molecule has 0 aliphatic carbocycles. The van der Waals surface area contributed by atoms with Gasteiger partial charge in [-0.15, -0.1) is 0 Å². The van der Waals surface area contributed by atoms with Crippen molar-refractivity contribution < 1.29 is 35.3 Å². The minimum atomic E-state index is -0.288. The fourth-order valence-corrected chi connectivity index (χ4v) is 3.11. The van der Waals surface area contributed by atoms with Gasteiger partial charge in [0.15, 0.2) is 0 Å². The smallest absolute Gasteiger partial charge is 0.308 e. The van der Waals surface area contributed by atoms with Gasteiger partial charge in [0.05, 0.1) is 7.11 Å². The zero-order chi connectivity index (χ0) is 18.6. The summed E-state index contributed by atoms with van der Waals surface area (Å²) in [6, 6.07) is 12.5. The molecule has 0 radical (unpaired) electrons. The van der Waals surface area contributed by atoms with E-state index in [2.05, 4.69) is 45.9 Å². The van der Waals surface area contributed by atoms with E-state index in [9.17, 15) is 4.79 Å². The van der Waals surface area contributed by atoms with Gasteiger partial charge in [-0.3, -0.25) is 4.79 Å². The SMILES string of the molecule is CCc1cc(C(C)(C)c2ccc(OC(C)=O)c(CC)c2)ccc1OC.[W]. The largest absolute Gasteiger partial charge is 0.496 e. The van der Waals surface area contributed by atoms with Crippen LogP contribution in [0.5, 0.6) is 11.5 Å². The Hall–Kier alpha value is -1.60. The summed E-state index contributed by atoms with van der Waals surface area (Å²) in [6.07, 6.45) is 1.74. The summed E-state index contributed by atoms with van der Waals surface area (Å²) in [5.41, 5.74) is 4.54. The minimum Gasteiger partial charge on any atom is -0.496 e. The summed E-state index contributed by atoms with van der Waals surface area (Å²) in [5.74, 6) is 1.30. The molecule has 0 bridgehead atoms. The molecule has 0 unspecified atom stereocenters. The molecule has 3 nitrogen and oxygen atoms in total. The molecular formula is C22H28O3W. The van der Waals surface area contributed by atoms with Crippen LogP contribution in [0.2, 0.25) is 0 Å². The van der Waals surface area contributed by atoms with Crippen molar-refractivity contribution in [3.05, 3.63) is 58.7 Å². The number of aryl methyl sites for hydroxylation is 2. The Kier molecular flexibility index (Phi) is 8.09. The first kappa shape index (κ1) is 22.4. The maximum atomic E-state index is 11.3. The van der Waals surface area contributed by atoms with E-state index < -0.39 is 0 Å². The van der Waals surface area contributed by atoms with Gasteiger partial charge < -0.3 is 9.47 Å². The second-order valence-electron chi connectivity index (χ2n) is 6.77. The standard InChI is InChI=1S/C22H28O3.W/c1-7-16-13-18(9-11-20(16)24-6)22(4,5)19-10-12-21(25-15(3)23)17(8-2)14-19;/h9-14H,7-8H2,1-6H3;. The molecule has 0 spiro atoms. The molecule has 0 aromatic heterocycles. The molecular weight excluding hydrogens is 496 g/mol. The van der Waals surface area contributed by atoms with E-state index in [1.165, 1.54) is 23.6 Å². The summed E-state index contributed by atoms with van der Waals surface area (Å²) in [7, 11) is 1.71. The van der Waals surface area contributed by atoms with Crippen molar-refractivity contribution in [1.82, 2.24) is 0 Å². The van der Waals surface area contributed by atoms with Gasteiger partial charge in [-0.25, -0.2) is 0 Å². The second-order valence-corrected chi connectivity index (χ2v) is 6.77. The Morgan fingerprint density at radius 1 is 0.923 bits per heavy atom. The van der Waals surface area contributed by atoms with E-state index in [-0.39, 0.29) is 32.4 Å². The average molecular weight is 524 g/mol. The maximum Gasteiger partial charge on any atom is 0.308 e. The predicted molar refractivity (Wildman–Crippen MR) is 102 cm³/mol. The van der Waals surface area contributed by atoms with Crippen LogP contribution in [0.25, 0.3) is 0 Å². The van der Waals surface area contributed by atoms with Gasteiger partial charge in [-0.2, -0.15) is 0 Å². The van der Waals surface area contributed by atoms with Gasteiger partial charge in [-0.05, 0) is 47.2 Å². The number of ether oxygens (including phenoxy) is 2. The molecule has 0 heterocycles. The van der Waals surface area contributed by atoms with Gasteiger partial charge in [0, 0.05) is 33.4 Å². The third kappa shape index (κ3) is 4.76. The fourth-order valence-electron chi connectivity index (χ4n) is 3.11.